The number of nitrogens with two attached hydrogens (primary N) is 1. The van der Waals surface area contributed by atoms with Crippen LogP contribution in [0.3, 0.4) is 0 Å². The van der Waals surface area contributed by atoms with E-state index in [9.17, 15) is 4.79 Å². The molecule has 1 heterocycles. The number of halogens is 2. The molecule has 2 N–H and O–H groups in total. The predicted molar refractivity (Wildman–Crippen MR) is 74.4 cm³/mol. The first-order valence-electron chi connectivity index (χ1n) is 6.02. The van der Waals surface area contributed by atoms with Crippen molar-refractivity contribution >= 4 is 29.0 Å². The summed E-state index contributed by atoms with van der Waals surface area (Å²) in [6.07, 6.45) is 2.08. The topological polar surface area (TPSA) is 46.3 Å². The molecule has 0 aromatic heterocycles. The van der Waals surface area contributed by atoms with Gasteiger partial charge in [0.1, 0.15) is 0 Å². The molecule has 2 rings (SSSR count). The second-order valence-electron chi connectivity index (χ2n) is 4.68. The molecule has 0 spiro atoms. The third-order valence-electron chi connectivity index (χ3n) is 3.14. The van der Waals surface area contributed by atoms with E-state index in [2.05, 4.69) is 4.90 Å². The van der Waals surface area contributed by atoms with Crippen molar-refractivity contribution in [1.29, 1.82) is 0 Å². The molecule has 0 aliphatic carbocycles. The number of hydrogen-bond donors (Lipinski definition) is 1. The number of ketones is 1. The van der Waals surface area contributed by atoms with E-state index in [0.717, 1.165) is 25.9 Å². The highest BCUT2D eigenvalue weighted by Gasteiger charge is 2.20. The first-order chi connectivity index (χ1) is 8.56. The summed E-state index contributed by atoms with van der Waals surface area (Å²) >= 11 is 11.8. The third-order valence-corrected chi connectivity index (χ3v) is 3.69. The molecule has 1 aliphatic rings. The zero-order chi connectivity index (χ0) is 13.1. The molecule has 98 valence electrons. The zero-order valence-electron chi connectivity index (χ0n) is 10.0. The van der Waals surface area contributed by atoms with Gasteiger partial charge in [-0.25, -0.2) is 0 Å². The van der Waals surface area contributed by atoms with Crippen LogP contribution in [0.5, 0.6) is 0 Å². The monoisotopic (exact) mass is 286 g/mol. The van der Waals surface area contributed by atoms with E-state index in [1.54, 1.807) is 18.2 Å². The van der Waals surface area contributed by atoms with Crippen LogP contribution < -0.4 is 5.73 Å². The molecule has 5 heteroatoms. The van der Waals surface area contributed by atoms with Gasteiger partial charge in [-0.3, -0.25) is 9.69 Å². The Bertz CT molecular complexity index is 451. The second kappa shape index (κ2) is 6.02. The fourth-order valence-electron chi connectivity index (χ4n) is 2.24. The van der Waals surface area contributed by atoms with E-state index >= 15 is 0 Å². The molecule has 1 fully saturated rings. The smallest absolute Gasteiger partial charge is 0.178 e. The van der Waals surface area contributed by atoms with E-state index in [4.69, 9.17) is 28.9 Å². The van der Waals surface area contributed by atoms with Crippen LogP contribution in [0.2, 0.25) is 10.0 Å². The summed E-state index contributed by atoms with van der Waals surface area (Å²) in [5.74, 6) is 0.0192. The van der Waals surface area contributed by atoms with E-state index < -0.39 is 0 Å². The lowest BCUT2D eigenvalue weighted by atomic mass is 10.1. The van der Waals surface area contributed by atoms with Gasteiger partial charge in [0, 0.05) is 23.2 Å². The first kappa shape index (κ1) is 13.8. The van der Waals surface area contributed by atoms with Crippen LogP contribution in [-0.4, -0.2) is 36.4 Å². The standard InChI is InChI=1S/C13H16Cl2N2O/c14-9-3-4-11(12(15)6-9)13(18)8-17-5-1-2-10(16)7-17/h3-4,6,10H,1-2,5,7-8,16H2. The summed E-state index contributed by atoms with van der Waals surface area (Å²) in [7, 11) is 0. The lowest BCUT2D eigenvalue weighted by Gasteiger charge is -2.30. The molecule has 0 saturated carbocycles. The van der Waals surface area contributed by atoms with Crippen molar-refractivity contribution in [2.45, 2.75) is 18.9 Å². The first-order valence-corrected chi connectivity index (χ1v) is 6.78. The molecule has 18 heavy (non-hydrogen) atoms. The molecule has 1 aromatic rings. The van der Waals surface area contributed by atoms with E-state index in [-0.39, 0.29) is 11.8 Å². The number of carbonyl (C=O) groups excluding carboxylic acids is 1. The second-order valence-corrected chi connectivity index (χ2v) is 5.53. The maximum atomic E-state index is 12.1. The van der Waals surface area contributed by atoms with Gasteiger partial charge < -0.3 is 5.73 Å². The van der Waals surface area contributed by atoms with Gasteiger partial charge in [-0.1, -0.05) is 23.2 Å². The molecule has 1 aromatic carbocycles. The summed E-state index contributed by atoms with van der Waals surface area (Å²) in [6, 6.07) is 5.13. The summed E-state index contributed by atoms with van der Waals surface area (Å²) < 4.78 is 0. The molecule has 3 nitrogen and oxygen atoms in total. The average molecular weight is 287 g/mol. The van der Waals surface area contributed by atoms with Gasteiger partial charge in [0.05, 0.1) is 11.6 Å². The normalized spacial score (nSPS) is 20.9. The van der Waals surface area contributed by atoms with Crippen molar-refractivity contribution in [3.8, 4) is 0 Å². The Balaban J connectivity index is 2.03. The van der Waals surface area contributed by atoms with Gasteiger partial charge in [-0.15, -0.1) is 0 Å². The maximum Gasteiger partial charge on any atom is 0.178 e. The van der Waals surface area contributed by atoms with Crippen molar-refractivity contribution in [2.75, 3.05) is 19.6 Å². The summed E-state index contributed by atoms with van der Waals surface area (Å²) in [5.41, 5.74) is 6.42. The Morgan fingerprint density at radius 1 is 1.44 bits per heavy atom. The summed E-state index contributed by atoms with van der Waals surface area (Å²) in [4.78, 5) is 14.2. The fourth-order valence-corrected chi connectivity index (χ4v) is 2.75. The van der Waals surface area contributed by atoms with Crippen molar-refractivity contribution < 1.29 is 4.79 Å². The molecule has 1 saturated heterocycles. The Labute approximate surface area is 117 Å². The highest BCUT2D eigenvalue weighted by Crippen LogP contribution is 2.22. The number of likely N-dealkylation sites (tertiary alicyclic amines) is 1. The summed E-state index contributed by atoms with van der Waals surface area (Å²) in [5, 5.41) is 0.949. The predicted octanol–water partition coefficient (Wildman–Crippen LogP) is 2.60. The van der Waals surface area contributed by atoms with E-state index in [1.807, 2.05) is 0 Å². The van der Waals surface area contributed by atoms with Crippen LogP contribution in [0.25, 0.3) is 0 Å². The molecular weight excluding hydrogens is 271 g/mol. The van der Waals surface area contributed by atoms with Crippen molar-refractivity contribution in [1.82, 2.24) is 4.90 Å². The van der Waals surface area contributed by atoms with E-state index in [0.29, 0.717) is 22.2 Å². The fraction of sp³-hybridized carbons (Fsp3) is 0.462. The van der Waals surface area contributed by atoms with Crippen LogP contribution in [-0.2, 0) is 0 Å². The van der Waals surface area contributed by atoms with Gasteiger partial charge >= 0.3 is 0 Å². The Morgan fingerprint density at radius 2 is 2.22 bits per heavy atom. The quantitative estimate of drug-likeness (QED) is 0.869. The van der Waals surface area contributed by atoms with Gasteiger partial charge in [0.25, 0.3) is 0 Å². The lowest BCUT2D eigenvalue weighted by molar-refractivity contribution is 0.0908. The maximum absolute atomic E-state index is 12.1. The van der Waals surface area contributed by atoms with Gasteiger partial charge in [0.15, 0.2) is 5.78 Å². The third kappa shape index (κ3) is 3.45. The highest BCUT2D eigenvalue weighted by atomic mass is 35.5. The molecule has 0 bridgehead atoms. The largest absolute Gasteiger partial charge is 0.327 e. The van der Waals surface area contributed by atoms with Crippen molar-refractivity contribution in [3.05, 3.63) is 33.8 Å². The van der Waals surface area contributed by atoms with Crippen LogP contribution in [0, 0.1) is 0 Å². The van der Waals surface area contributed by atoms with Crippen molar-refractivity contribution in [2.24, 2.45) is 5.73 Å². The number of benzene rings is 1. The Morgan fingerprint density at radius 3 is 2.89 bits per heavy atom. The number of Topliss-reactive ketones (excluding diaryl/α,β-unsaturated/α-hetero) is 1. The van der Waals surface area contributed by atoms with Crippen LogP contribution in [0.1, 0.15) is 23.2 Å². The molecule has 1 unspecified atom stereocenters. The van der Waals surface area contributed by atoms with Crippen LogP contribution in [0.4, 0.5) is 0 Å². The van der Waals surface area contributed by atoms with Crippen LogP contribution in [0.15, 0.2) is 18.2 Å². The lowest BCUT2D eigenvalue weighted by Crippen LogP contribution is -2.44. The number of carbonyl (C=O) groups is 1. The number of nitrogens with zero attached hydrogens (tertiary/aromatic N) is 1. The summed E-state index contributed by atoms with van der Waals surface area (Å²) in [6.45, 7) is 2.07. The van der Waals surface area contributed by atoms with Gasteiger partial charge in [-0.2, -0.15) is 0 Å². The van der Waals surface area contributed by atoms with Gasteiger partial charge in [-0.05, 0) is 37.6 Å². The molecule has 0 radical (unpaired) electrons. The number of hydrogen-bond acceptors (Lipinski definition) is 3. The SMILES string of the molecule is NC1CCCN(CC(=O)c2ccc(Cl)cc2Cl)C1. The highest BCUT2D eigenvalue weighted by molar-refractivity contribution is 6.36. The number of rotatable bonds is 3. The van der Waals surface area contributed by atoms with Gasteiger partial charge in [0.2, 0.25) is 0 Å². The minimum atomic E-state index is 0.0192. The molecular formula is C13H16Cl2N2O. The molecule has 0 amide bonds. The minimum Gasteiger partial charge on any atom is -0.327 e. The molecule has 1 atom stereocenters. The van der Waals surface area contributed by atoms with E-state index in [1.165, 1.54) is 0 Å². The Hall–Kier alpha value is -0.610. The molecule has 1 aliphatic heterocycles. The average Bonchev–Trinajstić information content (AvgIpc) is 2.28. The van der Waals surface area contributed by atoms with Crippen molar-refractivity contribution in [3.63, 3.8) is 0 Å². The number of piperidine rings is 1. The Kier molecular flexibility index (Phi) is 4.62. The zero-order valence-corrected chi connectivity index (χ0v) is 11.5. The minimum absolute atomic E-state index is 0.0192. The van der Waals surface area contributed by atoms with Crippen LogP contribution >= 0.6 is 23.2 Å².